The van der Waals surface area contributed by atoms with Gasteiger partial charge in [-0.25, -0.2) is 4.58 Å². The van der Waals surface area contributed by atoms with Crippen LogP contribution < -0.4 is 0 Å². The van der Waals surface area contributed by atoms with Crippen molar-refractivity contribution in [2.45, 2.75) is 82.1 Å². The molecule has 5 atom stereocenters. The summed E-state index contributed by atoms with van der Waals surface area (Å²) in [5.74, 6) is -0.764. The molecule has 0 spiro atoms. The topological polar surface area (TPSA) is 44.8 Å². The van der Waals surface area contributed by atoms with Crippen molar-refractivity contribution in [3.63, 3.8) is 0 Å². The minimum absolute atomic E-state index is 0.0655. The van der Waals surface area contributed by atoms with Gasteiger partial charge in [0.15, 0.2) is 11.6 Å². The van der Waals surface area contributed by atoms with Crippen molar-refractivity contribution in [1.82, 2.24) is 0 Å². The maximum Gasteiger partial charge on any atom is 0.281 e. The molecule has 4 aliphatic rings. The van der Waals surface area contributed by atoms with E-state index in [1.54, 1.807) is 7.11 Å². The van der Waals surface area contributed by atoms with Crippen LogP contribution in [0.2, 0.25) is 0 Å². The molecule has 0 saturated heterocycles. The maximum absolute atomic E-state index is 12.3. The van der Waals surface area contributed by atoms with Gasteiger partial charge >= 0.3 is 0 Å². The molecule has 1 saturated carbocycles. The molecule has 2 aliphatic carbocycles. The number of hydrogen-bond donors (Lipinski definition) is 1. The lowest BCUT2D eigenvalue weighted by molar-refractivity contribution is -0.490. The van der Waals surface area contributed by atoms with Crippen LogP contribution in [0.4, 0.5) is 0 Å². The van der Waals surface area contributed by atoms with Crippen molar-refractivity contribution in [2.24, 2.45) is 10.9 Å². The molecular weight excluding hydrogens is 504 g/mol. The summed E-state index contributed by atoms with van der Waals surface area (Å²) >= 11 is 0. The van der Waals surface area contributed by atoms with E-state index in [9.17, 15) is 5.11 Å². The monoisotopic (exact) mass is 543 g/mol. The first-order chi connectivity index (χ1) is 19.5. The highest BCUT2D eigenvalue weighted by atomic mass is 16.6. The average Bonchev–Trinajstić information content (AvgIpc) is 3.25. The van der Waals surface area contributed by atoms with Gasteiger partial charge in [0.25, 0.3) is 6.34 Å². The molecule has 41 heavy (non-hydrogen) atoms. The summed E-state index contributed by atoms with van der Waals surface area (Å²) in [7, 11) is 1.65. The van der Waals surface area contributed by atoms with Crippen LogP contribution in [-0.2, 0) is 22.0 Å². The number of rotatable bonds is 3. The summed E-state index contributed by atoms with van der Waals surface area (Å²) in [4.78, 5) is 5.31. The van der Waals surface area contributed by atoms with Gasteiger partial charge in [0, 0.05) is 18.1 Å². The van der Waals surface area contributed by atoms with Crippen molar-refractivity contribution in [2.75, 3.05) is 7.11 Å². The zero-order valence-electron chi connectivity index (χ0n) is 25.1. The molecule has 4 aromatic rings. The Hall–Kier alpha value is -3.34. The van der Waals surface area contributed by atoms with E-state index in [0.717, 1.165) is 6.42 Å². The molecule has 2 heterocycles. The van der Waals surface area contributed by atoms with Crippen molar-refractivity contribution < 1.29 is 14.4 Å². The lowest BCUT2D eigenvalue weighted by atomic mass is 9.73. The zero-order chi connectivity index (χ0) is 28.7. The Morgan fingerprint density at radius 1 is 0.927 bits per heavy atom. The van der Waals surface area contributed by atoms with Crippen molar-refractivity contribution >= 4 is 33.6 Å². The molecule has 1 N–H and O–H groups in total. The first-order valence-electron chi connectivity index (χ1n) is 15.1. The SMILES string of the molecule is COC1(O)C2(C)c3c(cc(CC(C)C)c4ccccc34)C3=[N+](C=NC4C3c3cc5ccccc5cc3C4(C)C)C12C. The van der Waals surface area contributed by atoms with Gasteiger partial charge in [-0.2, -0.15) is 0 Å². The van der Waals surface area contributed by atoms with Gasteiger partial charge in [-0.15, -0.1) is 0 Å². The van der Waals surface area contributed by atoms with Crippen LogP contribution in [0, 0.1) is 5.92 Å². The highest BCUT2D eigenvalue weighted by Gasteiger charge is 2.92. The smallest absolute Gasteiger partial charge is 0.281 e. The normalized spacial score (nSPS) is 32.1. The fraction of sp³-hybridized carbons (Fsp3) is 0.405. The first-order valence-corrected chi connectivity index (χ1v) is 15.1. The van der Waals surface area contributed by atoms with E-state index in [1.165, 1.54) is 55.1 Å². The molecule has 8 rings (SSSR count). The van der Waals surface area contributed by atoms with Gasteiger partial charge in [-0.3, -0.25) is 0 Å². The minimum atomic E-state index is -1.36. The lowest BCUT2D eigenvalue weighted by Gasteiger charge is -2.35. The third-order valence-corrected chi connectivity index (χ3v) is 11.5. The van der Waals surface area contributed by atoms with Gasteiger partial charge in [-0.1, -0.05) is 87.3 Å². The number of benzene rings is 4. The van der Waals surface area contributed by atoms with E-state index in [2.05, 4.69) is 113 Å². The molecule has 0 aromatic heterocycles. The Kier molecular flexibility index (Phi) is 4.78. The first kappa shape index (κ1) is 25.4. The van der Waals surface area contributed by atoms with Crippen molar-refractivity contribution in [1.29, 1.82) is 0 Å². The van der Waals surface area contributed by atoms with E-state index in [4.69, 9.17) is 9.73 Å². The Balaban J connectivity index is 1.51. The standard InChI is InChI=1S/C37H39N2O2/c1-21(2)16-24-18-28-31(26-15-11-10-14-25(24)26)35(5)36(6,37(35,40)41-7)39-20-38-33-30(32(28)39)27-17-22-12-8-9-13-23(22)19-29(27)34(33,3)4/h8-15,17-21,30,33,40H,16H2,1-7H3/q+1. The summed E-state index contributed by atoms with van der Waals surface area (Å²) in [6.07, 6.45) is 3.03. The van der Waals surface area contributed by atoms with Crippen LogP contribution >= 0.6 is 0 Å². The number of hydrogen-bond acceptors (Lipinski definition) is 3. The summed E-state index contributed by atoms with van der Waals surface area (Å²) in [5, 5.41) is 17.4. The van der Waals surface area contributed by atoms with E-state index >= 15 is 0 Å². The second-order valence-electron chi connectivity index (χ2n) is 14.1. The van der Waals surface area contributed by atoms with E-state index in [1.807, 2.05) is 6.34 Å². The third kappa shape index (κ3) is 2.70. The molecular formula is C37H39N2O2+. The summed E-state index contributed by atoms with van der Waals surface area (Å²) in [5.41, 5.74) is 6.33. The number of aliphatic hydroxyl groups is 1. The second-order valence-corrected chi connectivity index (χ2v) is 14.1. The molecule has 0 radical (unpaired) electrons. The highest BCUT2D eigenvalue weighted by molar-refractivity contribution is 6.12. The molecule has 4 aromatic carbocycles. The fourth-order valence-corrected chi connectivity index (χ4v) is 9.24. The summed E-state index contributed by atoms with van der Waals surface area (Å²) < 4.78 is 8.37. The Labute approximate surface area is 242 Å². The zero-order valence-corrected chi connectivity index (χ0v) is 25.1. The van der Waals surface area contributed by atoms with Crippen LogP contribution in [0.15, 0.2) is 71.7 Å². The number of fused-ring (bicyclic) bond motifs is 12. The predicted molar refractivity (Wildman–Crippen MR) is 167 cm³/mol. The lowest BCUT2D eigenvalue weighted by Crippen LogP contribution is -2.50. The summed E-state index contributed by atoms with van der Waals surface area (Å²) in [6, 6.07) is 24.8. The maximum atomic E-state index is 12.3. The quantitative estimate of drug-likeness (QED) is 0.227. The molecule has 4 heteroatoms. The Morgan fingerprint density at radius 3 is 2.27 bits per heavy atom. The van der Waals surface area contributed by atoms with Crippen LogP contribution in [-0.4, -0.2) is 46.2 Å². The molecule has 2 aliphatic heterocycles. The van der Waals surface area contributed by atoms with Gasteiger partial charge in [0.1, 0.15) is 11.1 Å². The minimum Gasteiger partial charge on any atom is -0.361 e. The molecule has 4 nitrogen and oxygen atoms in total. The number of ether oxygens (including phenoxy) is 1. The summed E-state index contributed by atoms with van der Waals surface area (Å²) in [6.45, 7) is 13.6. The van der Waals surface area contributed by atoms with Gasteiger partial charge < -0.3 is 9.84 Å². The van der Waals surface area contributed by atoms with Gasteiger partial charge in [0.05, 0.1) is 5.92 Å². The van der Waals surface area contributed by atoms with Crippen LogP contribution in [0.5, 0.6) is 0 Å². The van der Waals surface area contributed by atoms with Crippen LogP contribution in [0.3, 0.4) is 0 Å². The molecule has 0 bridgehead atoms. The van der Waals surface area contributed by atoms with E-state index < -0.39 is 16.7 Å². The second kappa shape index (κ2) is 7.73. The molecule has 208 valence electrons. The molecule has 5 unspecified atom stereocenters. The molecule has 1 fully saturated rings. The van der Waals surface area contributed by atoms with Crippen LogP contribution in [0.1, 0.15) is 75.3 Å². The van der Waals surface area contributed by atoms with E-state index in [0.29, 0.717) is 5.92 Å². The largest absolute Gasteiger partial charge is 0.361 e. The number of nitrogens with zero attached hydrogens (tertiary/aromatic N) is 2. The van der Waals surface area contributed by atoms with E-state index in [-0.39, 0.29) is 17.4 Å². The Bertz CT molecular complexity index is 1880. The average molecular weight is 544 g/mol. The van der Waals surface area contributed by atoms with Crippen LogP contribution in [0.25, 0.3) is 21.5 Å². The number of aliphatic imine (C=N–C) groups is 1. The third-order valence-electron chi connectivity index (χ3n) is 11.5. The van der Waals surface area contributed by atoms with Gasteiger partial charge in [-0.05, 0) is 82.1 Å². The fourth-order valence-electron chi connectivity index (χ4n) is 9.24. The van der Waals surface area contributed by atoms with Gasteiger partial charge in [0.2, 0.25) is 5.79 Å². The molecule has 0 amide bonds. The predicted octanol–water partition coefficient (Wildman–Crippen LogP) is 6.86. The highest BCUT2D eigenvalue weighted by Crippen LogP contribution is 2.72. The Morgan fingerprint density at radius 2 is 1.59 bits per heavy atom. The number of methoxy groups -OCH3 is 1. The van der Waals surface area contributed by atoms with Crippen molar-refractivity contribution in [3.8, 4) is 0 Å². The van der Waals surface area contributed by atoms with Crippen molar-refractivity contribution in [3.05, 3.63) is 94.5 Å².